The lowest BCUT2D eigenvalue weighted by Gasteiger charge is -2.22. The molecule has 1 aliphatic rings. The van der Waals surface area contributed by atoms with Crippen LogP contribution in [0.25, 0.3) is 10.8 Å². The lowest BCUT2D eigenvalue weighted by Crippen LogP contribution is -2.16. The topological polar surface area (TPSA) is 50.2 Å². The summed E-state index contributed by atoms with van der Waals surface area (Å²) < 4.78 is 0. The minimum atomic E-state index is 0.475. The number of fused-ring (bicyclic) bond motifs is 1. The zero-order valence-electron chi connectivity index (χ0n) is 13.0. The minimum absolute atomic E-state index is 0.475. The van der Waals surface area contributed by atoms with Crippen LogP contribution in [-0.2, 0) is 0 Å². The average Bonchev–Trinajstić information content (AvgIpc) is 2.54. The fourth-order valence-electron chi connectivity index (χ4n) is 2.65. The second-order valence-corrected chi connectivity index (χ2v) is 5.82. The molecule has 4 nitrogen and oxygen atoms in total. The monoisotopic (exact) mass is 292 g/mol. The smallest absolute Gasteiger partial charge is 0.176 e. The molecule has 0 radical (unpaired) electrons. The Hall–Kier alpha value is -2.49. The molecule has 0 aliphatic heterocycles. The Labute approximate surface area is 130 Å². The van der Waals surface area contributed by atoms with E-state index in [0.717, 1.165) is 29.3 Å². The molecule has 0 bridgehead atoms. The van der Waals surface area contributed by atoms with Crippen molar-refractivity contribution in [3.63, 3.8) is 0 Å². The van der Waals surface area contributed by atoms with Crippen LogP contribution >= 0.6 is 0 Å². The zero-order valence-corrected chi connectivity index (χ0v) is 13.0. The molecule has 0 amide bonds. The van der Waals surface area contributed by atoms with Crippen LogP contribution in [0.15, 0.2) is 59.4 Å². The lowest BCUT2D eigenvalue weighted by atomic mass is 9.85. The number of aromatic nitrogens is 2. The van der Waals surface area contributed by atoms with Gasteiger partial charge >= 0.3 is 0 Å². The predicted octanol–water partition coefficient (Wildman–Crippen LogP) is 4.33. The molecule has 0 saturated carbocycles. The standard InChI is InChI=1S/C18H20N4/c1-12(2)14-9-8-13(3)17(10-14)20-22-18-16-7-5-4-6-15(16)11-19-21-18/h4-8,11,14H,1,9-10H2,2-3H3,(H,21,22)/b20-17-/t14-/m1/s1. The van der Waals surface area contributed by atoms with Crippen molar-refractivity contribution in [2.45, 2.75) is 26.7 Å². The SMILES string of the molecule is C=C(C)[C@@H]1CC=C(C)/C(=N\Nc2nncc3ccccc23)C1. The van der Waals surface area contributed by atoms with E-state index in [9.17, 15) is 0 Å². The number of benzene rings is 1. The van der Waals surface area contributed by atoms with Gasteiger partial charge in [0, 0.05) is 10.8 Å². The van der Waals surface area contributed by atoms with Gasteiger partial charge in [0.05, 0.1) is 11.9 Å². The first-order chi connectivity index (χ1) is 10.6. The maximum absolute atomic E-state index is 4.57. The maximum Gasteiger partial charge on any atom is 0.176 e. The van der Waals surface area contributed by atoms with Gasteiger partial charge in [-0.25, -0.2) is 0 Å². The molecular formula is C18H20N4. The first-order valence-electron chi connectivity index (χ1n) is 7.50. The van der Waals surface area contributed by atoms with Gasteiger partial charge in [0.25, 0.3) is 0 Å². The van der Waals surface area contributed by atoms with Gasteiger partial charge in [-0.2, -0.15) is 10.2 Å². The van der Waals surface area contributed by atoms with E-state index >= 15 is 0 Å². The Morgan fingerprint density at radius 2 is 2.18 bits per heavy atom. The zero-order chi connectivity index (χ0) is 15.5. The second-order valence-electron chi connectivity index (χ2n) is 5.82. The van der Waals surface area contributed by atoms with Gasteiger partial charge in [0.1, 0.15) is 0 Å². The molecule has 1 heterocycles. The van der Waals surface area contributed by atoms with E-state index in [-0.39, 0.29) is 0 Å². The van der Waals surface area contributed by atoms with Crippen molar-refractivity contribution in [1.29, 1.82) is 0 Å². The van der Waals surface area contributed by atoms with Gasteiger partial charge in [-0.15, -0.1) is 5.10 Å². The number of nitrogens with zero attached hydrogens (tertiary/aromatic N) is 3. The summed E-state index contributed by atoms with van der Waals surface area (Å²) in [7, 11) is 0. The normalized spacial score (nSPS) is 20.0. The molecule has 1 aliphatic carbocycles. The van der Waals surface area contributed by atoms with Crippen molar-refractivity contribution < 1.29 is 0 Å². The highest BCUT2D eigenvalue weighted by molar-refractivity contribution is 6.01. The van der Waals surface area contributed by atoms with Crippen molar-refractivity contribution >= 4 is 22.3 Å². The molecule has 0 unspecified atom stereocenters. The highest BCUT2D eigenvalue weighted by Crippen LogP contribution is 2.27. The maximum atomic E-state index is 4.57. The van der Waals surface area contributed by atoms with Gasteiger partial charge in [-0.3, -0.25) is 5.43 Å². The predicted molar refractivity (Wildman–Crippen MR) is 91.9 cm³/mol. The van der Waals surface area contributed by atoms with Crippen LogP contribution < -0.4 is 5.43 Å². The third-order valence-electron chi connectivity index (χ3n) is 4.17. The fourth-order valence-corrected chi connectivity index (χ4v) is 2.65. The summed E-state index contributed by atoms with van der Waals surface area (Å²) in [5, 5.41) is 14.8. The first-order valence-corrected chi connectivity index (χ1v) is 7.50. The van der Waals surface area contributed by atoms with E-state index in [2.05, 4.69) is 47.2 Å². The van der Waals surface area contributed by atoms with Crippen LogP contribution in [0.3, 0.4) is 0 Å². The number of hydrogen-bond acceptors (Lipinski definition) is 4. The molecule has 0 fully saturated rings. The van der Waals surface area contributed by atoms with E-state index in [1.54, 1.807) is 6.20 Å². The third-order valence-corrected chi connectivity index (χ3v) is 4.17. The molecule has 1 aromatic heterocycles. The van der Waals surface area contributed by atoms with E-state index in [1.807, 2.05) is 24.3 Å². The van der Waals surface area contributed by atoms with E-state index in [4.69, 9.17) is 0 Å². The van der Waals surface area contributed by atoms with Crippen molar-refractivity contribution in [3.8, 4) is 0 Å². The number of hydrogen-bond donors (Lipinski definition) is 1. The number of nitrogens with one attached hydrogen (secondary N) is 1. The van der Waals surface area contributed by atoms with Crippen LogP contribution in [0.5, 0.6) is 0 Å². The van der Waals surface area contributed by atoms with Crippen molar-refractivity contribution in [3.05, 3.63) is 54.3 Å². The Kier molecular flexibility index (Phi) is 4.00. The van der Waals surface area contributed by atoms with Gasteiger partial charge in [0.2, 0.25) is 0 Å². The van der Waals surface area contributed by atoms with Gasteiger partial charge in [0.15, 0.2) is 5.82 Å². The van der Waals surface area contributed by atoms with Crippen molar-refractivity contribution in [2.75, 3.05) is 5.43 Å². The number of anilines is 1. The fraction of sp³-hybridized carbons (Fsp3) is 0.278. The van der Waals surface area contributed by atoms with Crippen LogP contribution in [-0.4, -0.2) is 15.9 Å². The number of rotatable bonds is 3. The summed E-state index contributed by atoms with van der Waals surface area (Å²) >= 11 is 0. The van der Waals surface area contributed by atoms with E-state index in [1.165, 1.54) is 11.1 Å². The molecule has 2 aromatic rings. The van der Waals surface area contributed by atoms with Gasteiger partial charge in [-0.1, -0.05) is 42.5 Å². The lowest BCUT2D eigenvalue weighted by molar-refractivity contribution is 0.639. The summed E-state index contributed by atoms with van der Waals surface area (Å²) in [4.78, 5) is 0. The summed E-state index contributed by atoms with van der Waals surface area (Å²) in [5.41, 5.74) is 6.59. The van der Waals surface area contributed by atoms with Crippen LogP contribution in [0, 0.1) is 5.92 Å². The summed E-state index contributed by atoms with van der Waals surface area (Å²) in [6.45, 7) is 8.26. The number of allylic oxidation sites excluding steroid dienone is 3. The quantitative estimate of drug-likeness (QED) is 0.676. The second kappa shape index (κ2) is 6.10. The number of hydrazone groups is 1. The molecule has 3 rings (SSSR count). The molecule has 1 atom stereocenters. The van der Waals surface area contributed by atoms with Crippen molar-refractivity contribution in [2.24, 2.45) is 11.0 Å². The Morgan fingerprint density at radius 3 is 3.00 bits per heavy atom. The van der Waals surface area contributed by atoms with Crippen LogP contribution in [0.4, 0.5) is 5.82 Å². The molecule has 0 spiro atoms. The van der Waals surface area contributed by atoms with Gasteiger partial charge in [-0.05, 0) is 38.2 Å². The third kappa shape index (κ3) is 2.91. The molecule has 1 aromatic carbocycles. The average molecular weight is 292 g/mol. The molecular weight excluding hydrogens is 272 g/mol. The van der Waals surface area contributed by atoms with Crippen LogP contribution in [0.2, 0.25) is 0 Å². The van der Waals surface area contributed by atoms with Crippen molar-refractivity contribution in [1.82, 2.24) is 10.2 Å². The molecule has 1 N–H and O–H groups in total. The molecule has 22 heavy (non-hydrogen) atoms. The minimum Gasteiger partial charge on any atom is -0.259 e. The molecule has 112 valence electrons. The first kappa shape index (κ1) is 14.4. The van der Waals surface area contributed by atoms with E-state index in [0.29, 0.717) is 11.7 Å². The Balaban J connectivity index is 1.87. The molecule has 4 heteroatoms. The highest BCUT2D eigenvalue weighted by atomic mass is 15.3. The summed E-state index contributed by atoms with van der Waals surface area (Å²) in [5.74, 6) is 1.17. The Morgan fingerprint density at radius 1 is 1.36 bits per heavy atom. The highest BCUT2D eigenvalue weighted by Gasteiger charge is 2.18. The Bertz CT molecular complexity index is 768. The molecule has 0 saturated heterocycles. The van der Waals surface area contributed by atoms with E-state index < -0.39 is 0 Å². The largest absolute Gasteiger partial charge is 0.259 e. The summed E-state index contributed by atoms with van der Waals surface area (Å²) in [6.07, 6.45) is 5.96. The summed E-state index contributed by atoms with van der Waals surface area (Å²) in [6, 6.07) is 8.02. The van der Waals surface area contributed by atoms with Gasteiger partial charge < -0.3 is 0 Å². The van der Waals surface area contributed by atoms with Crippen LogP contribution in [0.1, 0.15) is 26.7 Å².